The number of phosphoric acid groups is 1. The second kappa shape index (κ2) is 18.6. The second-order valence-corrected chi connectivity index (χ2v) is 10.6. The molecule has 0 rings (SSSR count). The monoisotopic (exact) mass is 454 g/mol. The highest BCUT2D eigenvalue weighted by Crippen LogP contribution is 2.43. The Morgan fingerprint density at radius 1 is 0.800 bits per heavy atom. The smallest absolute Gasteiger partial charge is 0.394 e. The molecule has 0 aliphatic rings. The molecule has 8 heteroatoms. The summed E-state index contributed by atoms with van der Waals surface area (Å²) in [5, 5.41) is 9.38. The molecule has 7 nitrogen and oxygen atoms in total. The largest absolute Gasteiger partial charge is 0.472 e. The zero-order valence-electron chi connectivity index (χ0n) is 20.0. The Hall–Kier alpha value is -0.0100. The van der Waals surface area contributed by atoms with Crippen LogP contribution in [0.2, 0.25) is 0 Å². The van der Waals surface area contributed by atoms with Gasteiger partial charge in [-0.05, 0) is 6.42 Å². The van der Waals surface area contributed by atoms with Crippen molar-refractivity contribution in [2.75, 3.05) is 54.1 Å². The molecule has 1 unspecified atom stereocenters. The number of unbranched alkanes of at least 4 members (excludes halogenated alkanes) is 11. The average molecular weight is 455 g/mol. The highest BCUT2D eigenvalue weighted by molar-refractivity contribution is 7.47. The maximum absolute atomic E-state index is 11.9. The Kier molecular flexibility index (Phi) is 18.5. The Morgan fingerprint density at radius 3 is 1.77 bits per heavy atom. The van der Waals surface area contributed by atoms with Crippen LogP contribution in [0, 0.1) is 0 Å². The van der Waals surface area contributed by atoms with Crippen LogP contribution in [0.4, 0.5) is 0 Å². The minimum atomic E-state index is -4.12. The zero-order chi connectivity index (χ0) is 22.7. The fourth-order valence-corrected chi connectivity index (χ4v) is 3.73. The summed E-state index contributed by atoms with van der Waals surface area (Å²) in [5.74, 6) is 0. The van der Waals surface area contributed by atoms with Gasteiger partial charge in [-0.25, -0.2) is 4.57 Å². The van der Waals surface area contributed by atoms with Gasteiger partial charge in [0.15, 0.2) is 0 Å². The molecule has 2 N–H and O–H groups in total. The first-order valence-corrected chi connectivity index (χ1v) is 13.3. The number of rotatable bonds is 22. The lowest BCUT2D eigenvalue weighted by atomic mass is 10.1. The number of aliphatic hydroxyl groups is 1. The molecular formula is C22H49NO6P+. The van der Waals surface area contributed by atoms with Crippen LogP contribution in [0.15, 0.2) is 0 Å². The summed E-state index contributed by atoms with van der Waals surface area (Å²) < 4.78 is 28.0. The Bertz CT molecular complexity index is 430. The van der Waals surface area contributed by atoms with Gasteiger partial charge in [0.25, 0.3) is 0 Å². The predicted molar refractivity (Wildman–Crippen MR) is 123 cm³/mol. The highest BCUT2D eigenvalue weighted by Gasteiger charge is 2.24. The van der Waals surface area contributed by atoms with Gasteiger partial charge in [0, 0.05) is 6.61 Å². The van der Waals surface area contributed by atoms with Crippen LogP contribution in [0.1, 0.15) is 84.0 Å². The first-order chi connectivity index (χ1) is 14.2. The van der Waals surface area contributed by atoms with Gasteiger partial charge in [0.05, 0.1) is 34.4 Å². The molecule has 30 heavy (non-hydrogen) atoms. The molecule has 0 aliphatic carbocycles. The molecule has 182 valence electrons. The maximum atomic E-state index is 11.9. The maximum Gasteiger partial charge on any atom is 0.472 e. The summed E-state index contributed by atoms with van der Waals surface area (Å²) in [6.07, 6.45) is 14.7. The van der Waals surface area contributed by atoms with E-state index in [2.05, 4.69) is 6.92 Å². The summed E-state index contributed by atoms with van der Waals surface area (Å²) in [5.41, 5.74) is 0. The second-order valence-electron chi connectivity index (χ2n) is 9.18. The van der Waals surface area contributed by atoms with E-state index < -0.39 is 13.9 Å². The summed E-state index contributed by atoms with van der Waals surface area (Å²) in [4.78, 5) is 9.71. The number of phosphoric ester groups is 1. The lowest BCUT2D eigenvalue weighted by Crippen LogP contribution is -2.37. The third-order valence-corrected chi connectivity index (χ3v) is 5.98. The van der Waals surface area contributed by atoms with Gasteiger partial charge in [0.2, 0.25) is 0 Å². The van der Waals surface area contributed by atoms with Gasteiger partial charge < -0.3 is 19.2 Å². The van der Waals surface area contributed by atoms with E-state index in [1.807, 2.05) is 21.1 Å². The molecule has 0 amide bonds. The molecule has 0 spiro atoms. The molecule has 0 saturated carbocycles. The Balaban J connectivity index is 3.62. The molecule has 2 atom stereocenters. The number of hydrogen-bond donors (Lipinski definition) is 2. The van der Waals surface area contributed by atoms with E-state index in [4.69, 9.17) is 13.8 Å². The Labute approximate surface area is 185 Å². The van der Waals surface area contributed by atoms with E-state index in [1.165, 1.54) is 64.2 Å². The number of ether oxygens (including phenoxy) is 1. The van der Waals surface area contributed by atoms with Crippen molar-refractivity contribution in [2.45, 2.75) is 90.1 Å². The van der Waals surface area contributed by atoms with Gasteiger partial charge >= 0.3 is 7.82 Å². The molecule has 0 radical (unpaired) electrons. The minimum Gasteiger partial charge on any atom is -0.394 e. The summed E-state index contributed by atoms with van der Waals surface area (Å²) in [6.45, 7) is 3.07. The Morgan fingerprint density at radius 2 is 1.30 bits per heavy atom. The van der Waals surface area contributed by atoms with E-state index >= 15 is 0 Å². The van der Waals surface area contributed by atoms with Gasteiger partial charge in [-0.2, -0.15) is 0 Å². The molecule has 0 saturated heterocycles. The van der Waals surface area contributed by atoms with Crippen LogP contribution >= 0.6 is 7.82 Å². The van der Waals surface area contributed by atoms with Crippen molar-refractivity contribution >= 4 is 7.82 Å². The molecule has 0 aromatic rings. The lowest BCUT2D eigenvalue weighted by Gasteiger charge is -2.24. The zero-order valence-corrected chi connectivity index (χ0v) is 20.9. The van der Waals surface area contributed by atoms with Crippen LogP contribution < -0.4 is 0 Å². The van der Waals surface area contributed by atoms with Crippen LogP contribution in [0.3, 0.4) is 0 Å². The summed E-state index contributed by atoms with van der Waals surface area (Å²) >= 11 is 0. The van der Waals surface area contributed by atoms with Crippen LogP contribution in [-0.4, -0.2) is 74.7 Å². The fourth-order valence-electron chi connectivity index (χ4n) is 2.99. The number of likely N-dealkylation sites (N-methyl/N-ethyl adjacent to an activating group) is 1. The van der Waals surface area contributed by atoms with Crippen LogP contribution in [0.25, 0.3) is 0 Å². The third kappa shape index (κ3) is 21.2. The van der Waals surface area contributed by atoms with Gasteiger partial charge in [-0.15, -0.1) is 0 Å². The lowest BCUT2D eigenvalue weighted by molar-refractivity contribution is -0.870. The number of quaternary nitrogens is 1. The average Bonchev–Trinajstić information content (AvgIpc) is 2.66. The predicted octanol–water partition coefficient (Wildman–Crippen LogP) is 4.90. The standard InChI is InChI=1S/C22H48NO6P/c1-5-6-7-8-9-10-11-12-13-14-15-16-18-27-22(20-24)21-29-30(25,26)28-19-17-23(2,3)4/h22,24H,5-21H2,1-4H3/p+1/t22-/m1/s1. The van der Waals surface area contributed by atoms with Crippen molar-refractivity contribution in [1.29, 1.82) is 0 Å². The molecule has 0 aromatic heterocycles. The number of hydrogen-bond acceptors (Lipinski definition) is 5. The van der Waals surface area contributed by atoms with E-state index in [1.54, 1.807) is 0 Å². The SMILES string of the molecule is CCCCCCCCCCCCCCO[C@H](CO)COP(=O)(O)OCC[N+](C)(C)C. The normalized spacial score (nSPS) is 15.3. The molecule has 0 fully saturated rings. The van der Waals surface area contributed by atoms with E-state index in [0.29, 0.717) is 17.6 Å². The van der Waals surface area contributed by atoms with Crippen molar-refractivity contribution in [3.63, 3.8) is 0 Å². The topological polar surface area (TPSA) is 85.2 Å². The molecular weight excluding hydrogens is 405 g/mol. The van der Waals surface area contributed by atoms with Crippen LogP contribution in [0.5, 0.6) is 0 Å². The van der Waals surface area contributed by atoms with Crippen molar-refractivity contribution in [3.05, 3.63) is 0 Å². The first kappa shape index (κ1) is 30.0. The molecule has 0 bridgehead atoms. The van der Waals surface area contributed by atoms with Crippen molar-refractivity contribution < 1.29 is 32.8 Å². The quantitative estimate of drug-likeness (QED) is 0.137. The summed E-state index contributed by atoms with van der Waals surface area (Å²) in [7, 11) is 1.79. The van der Waals surface area contributed by atoms with Crippen molar-refractivity contribution in [1.82, 2.24) is 0 Å². The minimum absolute atomic E-state index is 0.126. The number of nitrogens with zero attached hydrogens (tertiary/aromatic N) is 1. The van der Waals surface area contributed by atoms with Crippen molar-refractivity contribution in [3.8, 4) is 0 Å². The third-order valence-electron chi connectivity index (χ3n) is 5.00. The molecule has 0 heterocycles. The first-order valence-electron chi connectivity index (χ1n) is 11.8. The van der Waals surface area contributed by atoms with Gasteiger partial charge in [0.1, 0.15) is 19.3 Å². The summed E-state index contributed by atoms with van der Waals surface area (Å²) in [6, 6.07) is 0. The highest BCUT2D eigenvalue weighted by atomic mass is 31.2. The molecule has 0 aromatic carbocycles. The van der Waals surface area contributed by atoms with Crippen LogP contribution in [-0.2, 0) is 18.3 Å². The van der Waals surface area contributed by atoms with Crippen molar-refractivity contribution in [2.24, 2.45) is 0 Å². The molecule has 0 aliphatic heterocycles. The van der Waals surface area contributed by atoms with E-state index in [9.17, 15) is 14.6 Å². The van der Waals surface area contributed by atoms with Gasteiger partial charge in [-0.3, -0.25) is 9.05 Å². The van der Waals surface area contributed by atoms with E-state index in [0.717, 1.165) is 12.8 Å². The van der Waals surface area contributed by atoms with Gasteiger partial charge in [-0.1, -0.05) is 77.6 Å². The fraction of sp³-hybridized carbons (Fsp3) is 1.00. The number of aliphatic hydroxyl groups excluding tert-OH is 1. The van der Waals surface area contributed by atoms with E-state index in [-0.39, 0.29) is 19.8 Å².